The molecule has 1 aliphatic heterocycles. The fourth-order valence-electron chi connectivity index (χ4n) is 4.57. The lowest BCUT2D eigenvalue weighted by Crippen LogP contribution is -2.43. The zero-order valence-electron chi connectivity index (χ0n) is 19.3. The summed E-state index contributed by atoms with van der Waals surface area (Å²) < 4.78 is 0. The van der Waals surface area contributed by atoms with Gasteiger partial charge in [0.05, 0.1) is 11.5 Å². The molecule has 1 atom stereocenters. The van der Waals surface area contributed by atoms with E-state index in [1.54, 1.807) is 0 Å². The summed E-state index contributed by atoms with van der Waals surface area (Å²) in [5.41, 5.74) is 4.23. The molecule has 1 fully saturated rings. The molecule has 0 radical (unpaired) electrons. The van der Waals surface area contributed by atoms with Crippen LogP contribution in [0.2, 0.25) is 0 Å². The zero-order valence-corrected chi connectivity index (χ0v) is 19.3. The van der Waals surface area contributed by atoms with E-state index in [4.69, 9.17) is 0 Å². The number of aromatic nitrogens is 1. The molecule has 1 N–H and O–H groups in total. The summed E-state index contributed by atoms with van der Waals surface area (Å²) in [5, 5.41) is 11.1. The molecule has 0 saturated carbocycles. The van der Waals surface area contributed by atoms with Gasteiger partial charge in [0.25, 0.3) is 5.56 Å². The van der Waals surface area contributed by atoms with Crippen molar-refractivity contribution < 1.29 is 0 Å². The number of fused-ring (bicyclic) bond motifs is 1. The van der Waals surface area contributed by atoms with E-state index in [9.17, 15) is 10.1 Å². The predicted molar refractivity (Wildman–Crippen MR) is 130 cm³/mol. The second-order valence-electron chi connectivity index (χ2n) is 9.30. The average molecular weight is 429 g/mol. The van der Waals surface area contributed by atoms with E-state index in [1.807, 2.05) is 38.1 Å². The lowest BCUT2D eigenvalue weighted by Gasteiger charge is -2.32. The van der Waals surface area contributed by atoms with Crippen molar-refractivity contribution in [2.75, 3.05) is 33.2 Å². The molecule has 1 unspecified atom stereocenters. The Balaban J connectivity index is 1.57. The Kier molecular flexibility index (Phi) is 6.45. The van der Waals surface area contributed by atoms with Gasteiger partial charge in [-0.3, -0.25) is 9.69 Å². The van der Waals surface area contributed by atoms with Gasteiger partial charge >= 0.3 is 0 Å². The van der Waals surface area contributed by atoms with Crippen molar-refractivity contribution in [2.24, 2.45) is 0 Å². The number of hydrogen-bond acceptors (Lipinski definition) is 4. The van der Waals surface area contributed by atoms with Crippen molar-refractivity contribution in [3.63, 3.8) is 0 Å². The summed E-state index contributed by atoms with van der Waals surface area (Å²) in [6, 6.07) is 19.1. The van der Waals surface area contributed by atoms with Crippen LogP contribution >= 0.6 is 0 Å². The smallest absolute Gasteiger partial charge is 0.251 e. The molecule has 166 valence electrons. The molecule has 2 aromatic carbocycles. The van der Waals surface area contributed by atoms with Crippen molar-refractivity contribution in [3.8, 4) is 6.07 Å². The van der Waals surface area contributed by atoms with Gasteiger partial charge in [-0.1, -0.05) is 43.3 Å². The second-order valence-corrected chi connectivity index (χ2v) is 9.30. The van der Waals surface area contributed by atoms with Crippen molar-refractivity contribution in [1.29, 1.82) is 5.26 Å². The van der Waals surface area contributed by atoms with E-state index < -0.39 is 5.41 Å². The van der Waals surface area contributed by atoms with Crippen LogP contribution in [0.25, 0.3) is 10.9 Å². The summed E-state index contributed by atoms with van der Waals surface area (Å²) in [5.74, 6) is 0. The second kappa shape index (κ2) is 9.28. The molecular formula is C27H32N4O. The van der Waals surface area contributed by atoms with Gasteiger partial charge in [0.2, 0.25) is 0 Å². The van der Waals surface area contributed by atoms with E-state index in [2.05, 4.69) is 52.2 Å². The van der Waals surface area contributed by atoms with Crippen LogP contribution in [0.3, 0.4) is 0 Å². The van der Waals surface area contributed by atoms with E-state index in [0.717, 1.165) is 60.3 Å². The number of nitrogens with zero attached hydrogens (tertiary/aromatic N) is 3. The van der Waals surface area contributed by atoms with Gasteiger partial charge in [0.15, 0.2) is 0 Å². The summed E-state index contributed by atoms with van der Waals surface area (Å²) in [4.78, 5) is 20.1. The van der Waals surface area contributed by atoms with Gasteiger partial charge in [-0.15, -0.1) is 0 Å². The lowest BCUT2D eigenvalue weighted by atomic mass is 9.78. The molecule has 0 aliphatic carbocycles. The highest BCUT2D eigenvalue weighted by atomic mass is 16.1. The molecule has 0 bridgehead atoms. The Hall–Kier alpha value is -2.94. The number of nitrogens with one attached hydrogen (secondary N) is 1. The first kappa shape index (κ1) is 22.3. The first-order valence-corrected chi connectivity index (χ1v) is 11.5. The highest BCUT2D eigenvalue weighted by Crippen LogP contribution is 2.30. The average Bonchev–Trinajstić information content (AvgIpc) is 2.80. The maximum absolute atomic E-state index is 12.3. The topological polar surface area (TPSA) is 63.1 Å². The number of likely N-dealkylation sites (N-methyl/N-ethyl adjacent to an activating group) is 1. The van der Waals surface area contributed by atoms with Gasteiger partial charge in [0.1, 0.15) is 0 Å². The van der Waals surface area contributed by atoms with Crippen molar-refractivity contribution in [2.45, 2.75) is 38.6 Å². The monoisotopic (exact) mass is 428 g/mol. The van der Waals surface area contributed by atoms with Gasteiger partial charge < -0.3 is 9.88 Å². The van der Waals surface area contributed by atoms with Crippen molar-refractivity contribution >= 4 is 10.9 Å². The Morgan fingerprint density at radius 1 is 1.06 bits per heavy atom. The van der Waals surface area contributed by atoms with E-state index in [1.165, 1.54) is 5.56 Å². The predicted octanol–water partition coefficient (Wildman–Crippen LogP) is 3.86. The first-order chi connectivity index (χ1) is 15.4. The number of nitriles is 1. The molecule has 5 heteroatoms. The fourth-order valence-corrected chi connectivity index (χ4v) is 4.57. The molecule has 4 rings (SSSR count). The fraction of sp³-hybridized carbons (Fsp3) is 0.407. The first-order valence-electron chi connectivity index (χ1n) is 11.5. The van der Waals surface area contributed by atoms with Crippen LogP contribution in [0, 0.1) is 11.3 Å². The largest absolute Gasteiger partial charge is 0.322 e. The number of benzene rings is 2. The highest BCUT2D eigenvalue weighted by Gasteiger charge is 2.27. The van der Waals surface area contributed by atoms with Crippen molar-refractivity contribution in [1.82, 2.24) is 14.8 Å². The maximum atomic E-state index is 12.3. The van der Waals surface area contributed by atoms with Crippen molar-refractivity contribution in [3.05, 3.63) is 81.1 Å². The maximum Gasteiger partial charge on any atom is 0.251 e. The third kappa shape index (κ3) is 4.77. The standard InChI is InChI=1S/C27H32N4O/c1-4-22-15-23-8-9-24(16-25(23)29-26(22)32)27(2,19-28)17-20-6-5-7-21(14-20)18-31-12-10-30(3)11-13-31/h5-9,14-16H,4,10-13,17-18H2,1-3H3,(H,29,32). The number of pyridine rings is 1. The summed E-state index contributed by atoms with van der Waals surface area (Å²) in [6.45, 7) is 9.31. The minimum absolute atomic E-state index is 0.0487. The Morgan fingerprint density at radius 2 is 1.81 bits per heavy atom. The van der Waals surface area contributed by atoms with E-state index in [-0.39, 0.29) is 5.56 Å². The van der Waals surface area contributed by atoms with Gasteiger partial charge in [-0.2, -0.15) is 5.26 Å². The molecule has 1 saturated heterocycles. The number of rotatable bonds is 6. The van der Waals surface area contributed by atoms with Crippen LogP contribution in [-0.4, -0.2) is 48.0 Å². The quantitative estimate of drug-likeness (QED) is 0.648. The molecule has 2 heterocycles. The molecule has 1 aliphatic rings. The summed E-state index contributed by atoms with van der Waals surface area (Å²) >= 11 is 0. The Labute approximate surface area is 190 Å². The highest BCUT2D eigenvalue weighted by molar-refractivity contribution is 5.80. The van der Waals surface area contributed by atoms with Crippen LogP contribution in [-0.2, 0) is 24.8 Å². The Morgan fingerprint density at radius 3 is 2.53 bits per heavy atom. The van der Waals surface area contributed by atoms with Gasteiger partial charge in [-0.05, 0) is 61.0 Å². The third-order valence-corrected chi connectivity index (χ3v) is 6.74. The van der Waals surface area contributed by atoms with Crippen LogP contribution in [0.4, 0.5) is 0 Å². The van der Waals surface area contributed by atoms with Crippen LogP contribution in [0.5, 0.6) is 0 Å². The van der Waals surface area contributed by atoms with Gasteiger partial charge in [0, 0.05) is 43.8 Å². The normalized spacial score (nSPS) is 17.2. The van der Waals surface area contributed by atoms with Crippen LogP contribution in [0.1, 0.15) is 36.1 Å². The third-order valence-electron chi connectivity index (χ3n) is 6.74. The van der Waals surface area contributed by atoms with E-state index >= 15 is 0 Å². The minimum Gasteiger partial charge on any atom is -0.322 e. The molecule has 0 amide bonds. The number of piperazine rings is 1. The SMILES string of the molecule is CCc1cc2ccc(C(C)(C#N)Cc3cccc(CN4CCN(C)CC4)c3)cc2[nH]c1=O. The van der Waals surface area contributed by atoms with E-state index in [0.29, 0.717) is 12.8 Å². The zero-order chi connectivity index (χ0) is 22.7. The molecule has 5 nitrogen and oxygen atoms in total. The molecule has 0 spiro atoms. The molecule has 1 aromatic heterocycles. The number of aromatic amines is 1. The number of aryl methyl sites for hydroxylation is 1. The summed E-state index contributed by atoms with van der Waals surface area (Å²) in [6.07, 6.45) is 1.33. The van der Waals surface area contributed by atoms with Crippen LogP contribution < -0.4 is 5.56 Å². The number of hydrogen-bond donors (Lipinski definition) is 1. The molecule has 3 aromatic rings. The Bertz CT molecular complexity index is 1200. The lowest BCUT2D eigenvalue weighted by molar-refractivity contribution is 0.148. The van der Waals surface area contributed by atoms with Crippen LogP contribution in [0.15, 0.2) is 53.3 Å². The number of H-pyrrole nitrogens is 1. The molecular weight excluding hydrogens is 396 g/mol. The minimum atomic E-state index is -0.680. The molecule has 32 heavy (non-hydrogen) atoms. The van der Waals surface area contributed by atoms with Gasteiger partial charge in [-0.25, -0.2) is 0 Å². The summed E-state index contributed by atoms with van der Waals surface area (Å²) in [7, 11) is 2.17.